The van der Waals surface area contributed by atoms with Gasteiger partial charge >= 0.3 is 0 Å². The first-order valence-corrected chi connectivity index (χ1v) is 4.64. The third-order valence-corrected chi connectivity index (χ3v) is 2.20. The summed E-state index contributed by atoms with van der Waals surface area (Å²) in [6.45, 7) is 0.914. The van der Waals surface area contributed by atoms with E-state index in [9.17, 15) is 0 Å². The second-order valence-corrected chi connectivity index (χ2v) is 3.20. The number of rotatable bonds is 5. The quantitative estimate of drug-likeness (QED) is 0.446. The molecule has 1 rings (SSSR count). The maximum absolute atomic E-state index is 5.52. The third-order valence-electron chi connectivity index (χ3n) is 1.93. The van der Waals surface area contributed by atoms with E-state index in [4.69, 9.17) is 16.3 Å². The van der Waals surface area contributed by atoms with Crippen molar-refractivity contribution in [3.8, 4) is 0 Å². The molecule has 2 heteroatoms. The van der Waals surface area contributed by atoms with E-state index >= 15 is 0 Å². The molecule has 1 saturated carbocycles. The van der Waals surface area contributed by atoms with Gasteiger partial charge < -0.3 is 4.74 Å². The highest BCUT2D eigenvalue weighted by atomic mass is 35.5. The Labute approximate surface area is 67.7 Å². The van der Waals surface area contributed by atoms with E-state index in [1.807, 2.05) is 0 Å². The lowest BCUT2D eigenvalue weighted by Gasteiger charge is -2.25. The van der Waals surface area contributed by atoms with E-state index in [0.29, 0.717) is 6.10 Å². The molecule has 0 unspecified atom stereocenters. The smallest absolute Gasteiger partial charge is 0.0575 e. The molecule has 10 heavy (non-hydrogen) atoms. The lowest BCUT2D eigenvalue weighted by atomic mass is 9.96. The Bertz CT molecular complexity index is 81.3. The first-order valence-electron chi connectivity index (χ1n) is 4.11. The Morgan fingerprint density at radius 1 is 1.30 bits per heavy atom. The minimum Gasteiger partial charge on any atom is -0.378 e. The number of halogens is 1. The molecule has 0 radical (unpaired) electrons. The Morgan fingerprint density at radius 2 is 2.10 bits per heavy atom. The van der Waals surface area contributed by atoms with Gasteiger partial charge in [0.2, 0.25) is 0 Å². The van der Waals surface area contributed by atoms with Gasteiger partial charge in [-0.05, 0) is 32.1 Å². The van der Waals surface area contributed by atoms with Gasteiger partial charge in [0, 0.05) is 12.5 Å². The van der Waals surface area contributed by atoms with E-state index in [0.717, 1.165) is 25.3 Å². The first-order chi connectivity index (χ1) is 4.93. The Hall–Kier alpha value is 0.250. The van der Waals surface area contributed by atoms with Gasteiger partial charge in [-0.15, -0.1) is 11.6 Å². The van der Waals surface area contributed by atoms with Crippen LogP contribution in [0, 0.1) is 0 Å². The summed E-state index contributed by atoms with van der Waals surface area (Å²) < 4.78 is 5.52. The lowest BCUT2D eigenvalue weighted by molar-refractivity contribution is 0.00124. The number of alkyl halides is 1. The predicted octanol–water partition coefficient (Wildman–Crippen LogP) is 2.57. The van der Waals surface area contributed by atoms with Crippen molar-refractivity contribution < 1.29 is 4.74 Å². The van der Waals surface area contributed by atoms with Gasteiger partial charge in [0.1, 0.15) is 0 Å². The van der Waals surface area contributed by atoms with Crippen LogP contribution in [-0.2, 0) is 4.74 Å². The highest BCUT2D eigenvalue weighted by Crippen LogP contribution is 2.21. The van der Waals surface area contributed by atoms with Crippen LogP contribution in [0.15, 0.2) is 0 Å². The summed E-state index contributed by atoms with van der Waals surface area (Å²) in [5.74, 6) is 0.772. The zero-order chi connectivity index (χ0) is 7.23. The van der Waals surface area contributed by atoms with Gasteiger partial charge in [-0.3, -0.25) is 0 Å². The lowest BCUT2D eigenvalue weighted by Crippen LogP contribution is -2.21. The number of hydrogen-bond donors (Lipinski definition) is 0. The van der Waals surface area contributed by atoms with Crippen LogP contribution >= 0.6 is 11.6 Å². The van der Waals surface area contributed by atoms with Crippen LogP contribution < -0.4 is 0 Å². The molecule has 0 heterocycles. The van der Waals surface area contributed by atoms with E-state index < -0.39 is 0 Å². The fourth-order valence-corrected chi connectivity index (χ4v) is 1.17. The van der Waals surface area contributed by atoms with E-state index in [1.165, 1.54) is 19.3 Å². The SMILES string of the molecule is ClCCCCOC1CCC1. The third kappa shape index (κ3) is 2.89. The zero-order valence-electron chi connectivity index (χ0n) is 6.31. The van der Waals surface area contributed by atoms with Crippen molar-refractivity contribution in [3.63, 3.8) is 0 Å². The van der Waals surface area contributed by atoms with Crippen molar-refractivity contribution in [1.82, 2.24) is 0 Å². The minimum atomic E-state index is 0.593. The maximum Gasteiger partial charge on any atom is 0.0575 e. The average Bonchev–Trinajstić information content (AvgIpc) is 1.84. The first kappa shape index (κ1) is 8.35. The van der Waals surface area contributed by atoms with Crippen LogP contribution in [-0.4, -0.2) is 18.6 Å². The number of ether oxygens (including phenoxy) is 1. The van der Waals surface area contributed by atoms with E-state index in [-0.39, 0.29) is 0 Å². The van der Waals surface area contributed by atoms with Crippen LogP contribution in [0.4, 0.5) is 0 Å². The van der Waals surface area contributed by atoms with Crippen LogP contribution in [0.5, 0.6) is 0 Å². The van der Waals surface area contributed by atoms with Crippen molar-refractivity contribution in [3.05, 3.63) is 0 Å². The summed E-state index contributed by atoms with van der Waals surface area (Å²) in [5, 5.41) is 0. The normalized spacial score (nSPS) is 18.9. The topological polar surface area (TPSA) is 9.23 Å². The van der Waals surface area contributed by atoms with Crippen LogP contribution in [0.2, 0.25) is 0 Å². The fraction of sp³-hybridized carbons (Fsp3) is 1.00. The van der Waals surface area contributed by atoms with Gasteiger partial charge in [0.15, 0.2) is 0 Å². The van der Waals surface area contributed by atoms with E-state index in [1.54, 1.807) is 0 Å². The van der Waals surface area contributed by atoms with Crippen LogP contribution in [0.3, 0.4) is 0 Å². The molecular formula is C8H15ClO. The molecular weight excluding hydrogens is 148 g/mol. The standard InChI is InChI=1S/C8H15ClO/c9-6-1-2-7-10-8-4-3-5-8/h8H,1-7H2. The van der Waals surface area contributed by atoms with Crippen molar-refractivity contribution in [1.29, 1.82) is 0 Å². The molecule has 60 valence electrons. The molecule has 0 bridgehead atoms. The summed E-state index contributed by atoms with van der Waals surface area (Å²) >= 11 is 5.51. The van der Waals surface area contributed by atoms with Crippen LogP contribution in [0.1, 0.15) is 32.1 Å². The fourth-order valence-electron chi connectivity index (χ4n) is 0.984. The largest absolute Gasteiger partial charge is 0.378 e. The molecule has 0 saturated heterocycles. The highest BCUT2D eigenvalue weighted by molar-refractivity contribution is 6.17. The van der Waals surface area contributed by atoms with Gasteiger partial charge in [0.05, 0.1) is 6.10 Å². The minimum absolute atomic E-state index is 0.593. The van der Waals surface area contributed by atoms with Crippen molar-refractivity contribution >= 4 is 11.6 Å². The summed E-state index contributed by atoms with van der Waals surface area (Å²) in [7, 11) is 0. The molecule has 1 nitrogen and oxygen atoms in total. The van der Waals surface area contributed by atoms with Crippen molar-refractivity contribution in [2.24, 2.45) is 0 Å². The van der Waals surface area contributed by atoms with Crippen molar-refractivity contribution in [2.75, 3.05) is 12.5 Å². The summed E-state index contributed by atoms with van der Waals surface area (Å²) in [4.78, 5) is 0. The number of unbranched alkanes of at least 4 members (excludes halogenated alkanes) is 1. The Morgan fingerprint density at radius 3 is 2.60 bits per heavy atom. The van der Waals surface area contributed by atoms with Gasteiger partial charge in [-0.1, -0.05) is 0 Å². The number of hydrogen-bond acceptors (Lipinski definition) is 1. The summed E-state index contributed by atoms with van der Waals surface area (Å²) in [5.41, 5.74) is 0. The molecule has 0 aromatic carbocycles. The molecule has 0 aromatic rings. The summed E-state index contributed by atoms with van der Waals surface area (Å²) in [6, 6.07) is 0. The molecule has 0 amide bonds. The van der Waals surface area contributed by atoms with E-state index in [2.05, 4.69) is 0 Å². The summed E-state index contributed by atoms with van der Waals surface area (Å²) in [6.07, 6.45) is 6.73. The Balaban J connectivity index is 1.76. The van der Waals surface area contributed by atoms with Crippen molar-refractivity contribution in [2.45, 2.75) is 38.2 Å². The average molecular weight is 163 g/mol. The van der Waals surface area contributed by atoms with Gasteiger partial charge in [-0.2, -0.15) is 0 Å². The molecule has 1 aliphatic carbocycles. The highest BCUT2D eigenvalue weighted by Gasteiger charge is 2.16. The molecule has 1 aliphatic rings. The second-order valence-electron chi connectivity index (χ2n) is 2.82. The van der Waals surface area contributed by atoms with Gasteiger partial charge in [-0.25, -0.2) is 0 Å². The molecule has 0 N–H and O–H groups in total. The maximum atomic E-state index is 5.52. The monoisotopic (exact) mass is 162 g/mol. The van der Waals surface area contributed by atoms with Gasteiger partial charge in [0.25, 0.3) is 0 Å². The Kier molecular flexibility index (Phi) is 4.15. The zero-order valence-corrected chi connectivity index (χ0v) is 7.07. The molecule has 1 fully saturated rings. The molecule has 0 atom stereocenters. The van der Waals surface area contributed by atoms with Crippen LogP contribution in [0.25, 0.3) is 0 Å². The molecule has 0 spiro atoms. The molecule has 0 aromatic heterocycles. The second kappa shape index (κ2) is 4.97. The molecule has 0 aliphatic heterocycles. The predicted molar refractivity (Wildman–Crippen MR) is 43.5 cm³/mol.